The van der Waals surface area contributed by atoms with Gasteiger partial charge >= 0.3 is 0 Å². The second-order valence-corrected chi connectivity index (χ2v) is 6.93. The average molecular weight is 477 g/mol. The molecule has 0 heterocycles. The number of aryl methyl sites for hydroxylation is 1. The maximum Gasteiger partial charge on any atom is 0.277 e. The molecule has 0 saturated carbocycles. The van der Waals surface area contributed by atoms with Crippen LogP contribution in [0.25, 0.3) is 0 Å². The van der Waals surface area contributed by atoms with Gasteiger partial charge in [-0.05, 0) is 58.7 Å². The van der Waals surface area contributed by atoms with Gasteiger partial charge < -0.3 is 9.84 Å². The molecule has 2 aromatic carbocycles. The van der Waals surface area contributed by atoms with E-state index in [-0.39, 0.29) is 12.4 Å². The first-order chi connectivity index (χ1) is 11.4. The van der Waals surface area contributed by atoms with E-state index in [1.54, 1.807) is 24.3 Å². The first-order valence-corrected chi connectivity index (χ1v) is 8.72. The van der Waals surface area contributed by atoms with E-state index in [9.17, 15) is 9.90 Å². The van der Waals surface area contributed by atoms with Gasteiger partial charge in [0.1, 0.15) is 11.5 Å². The van der Waals surface area contributed by atoms with Crippen LogP contribution in [0.5, 0.6) is 11.5 Å². The first-order valence-electron chi connectivity index (χ1n) is 6.75. The maximum absolute atomic E-state index is 11.7. The highest BCUT2D eigenvalue weighted by Gasteiger charge is 2.05. The number of nitrogens with one attached hydrogen (secondary N) is 1. The Kier molecular flexibility index (Phi) is 6.65. The average Bonchev–Trinajstić information content (AvgIpc) is 2.53. The monoisotopic (exact) mass is 474 g/mol. The van der Waals surface area contributed by atoms with Crippen molar-refractivity contribution >= 4 is 55.6 Å². The van der Waals surface area contributed by atoms with Crippen molar-refractivity contribution in [2.75, 3.05) is 6.61 Å². The number of benzene rings is 2. The fraction of sp³-hybridized carbons (Fsp3) is 0.125. The molecule has 0 aliphatic rings. The molecule has 24 heavy (non-hydrogen) atoms. The SMILES string of the molecule is Cc1cc(OCC(=O)N/N=C/c2cc(O)c(Br)cc2Br)ccc1Cl. The van der Waals surface area contributed by atoms with Crippen molar-refractivity contribution in [1.29, 1.82) is 0 Å². The Morgan fingerprint density at radius 2 is 2.08 bits per heavy atom. The van der Waals surface area contributed by atoms with E-state index in [2.05, 4.69) is 42.4 Å². The molecular weight excluding hydrogens is 463 g/mol. The molecule has 0 unspecified atom stereocenters. The van der Waals surface area contributed by atoms with Gasteiger partial charge in [0, 0.05) is 15.1 Å². The molecule has 2 N–H and O–H groups in total. The molecule has 0 fully saturated rings. The smallest absolute Gasteiger partial charge is 0.277 e. The standard InChI is InChI=1S/C16H13Br2ClN2O3/c1-9-4-11(2-3-14(9)19)24-8-16(23)21-20-7-10-5-15(22)13(18)6-12(10)17/h2-7,22H,8H2,1H3,(H,21,23)/b20-7+. The van der Waals surface area contributed by atoms with Crippen molar-refractivity contribution in [3.05, 3.63) is 55.4 Å². The van der Waals surface area contributed by atoms with Crippen LogP contribution in [0.2, 0.25) is 5.02 Å². The van der Waals surface area contributed by atoms with Crippen molar-refractivity contribution in [2.24, 2.45) is 5.10 Å². The van der Waals surface area contributed by atoms with Crippen molar-refractivity contribution in [3.8, 4) is 11.5 Å². The van der Waals surface area contributed by atoms with Crippen molar-refractivity contribution < 1.29 is 14.6 Å². The summed E-state index contributed by atoms with van der Waals surface area (Å²) in [5.74, 6) is 0.223. The molecule has 0 atom stereocenters. The minimum absolute atomic E-state index is 0.0763. The number of carbonyl (C=O) groups is 1. The molecule has 8 heteroatoms. The highest BCUT2D eigenvalue weighted by atomic mass is 79.9. The first kappa shape index (κ1) is 18.8. The third-order valence-corrected chi connectivity index (χ3v) is 4.70. The number of amides is 1. The summed E-state index contributed by atoms with van der Waals surface area (Å²) in [6, 6.07) is 8.34. The van der Waals surface area contributed by atoms with Gasteiger partial charge in [-0.3, -0.25) is 4.79 Å². The fourth-order valence-electron chi connectivity index (χ4n) is 1.71. The highest BCUT2D eigenvalue weighted by Crippen LogP contribution is 2.29. The molecular formula is C16H13Br2ClN2O3. The van der Waals surface area contributed by atoms with E-state index in [1.807, 2.05) is 6.92 Å². The van der Waals surface area contributed by atoms with E-state index in [0.717, 1.165) is 10.0 Å². The van der Waals surface area contributed by atoms with Crippen LogP contribution < -0.4 is 10.2 Å². The van der Waals surface area contributed by atoms with Gasteiger partial charge in [0.2, 0.25) is 0 Å². The zero-order chi connectivity index (χ0) is 17.7. The molecule has 2 aromatic rings. The van der Waals surface area contributed by atoms with E-state index < -0.39 is 5.91 Å². The summed E-state index contributed by atoms with van der Waals surface area (Å²) in [5.41, 5.74) is 3.84. The van der Waals surface area contributed by atoms with Crippen LogP contribution in [0.1, 0.15) is 11.1 Å². The van der Waals surface area contributed by atoms with E-state index in [4.69, 9.17) is 16.3 Å². The van der Waals surface area contributed by atoms with Crippen LogP contribution in [0.4, 0.5) is 0 Å². The number of carbonyl (C=O) groups excluding carboxylic acids is 1. The number of hydrazone groups is 1. The Morgan fingerprint density at radius 3 is 2.79 bits per heavy atom. The molecule has 0 spiro atoms. The van der Waals surface area contributed by atoms with Crippen LogP contribution in [-0.2, 0) is 4.79 Å². The zero-order valence-electron chi connectivity index (χ0n) is 12.5. The van der Waals surface area contributed by atoms with Crippen LogP contribution in [0, 0.1) is 6.92 Å². The summed E-state index contributed by atoms with van der Waals surface area (Å²) in [5, 5.41) is 14.1. The summed E-state index contributed by atoms with van der Waals surface area (Å²) < 4.78 is 6.64. The van der Waals surface area contributed by atoms with Crippen molar-refractivity contribution in [2.45, 2.75) is 6.92 Å². The molecule has 0 radical (unpaired) electrons. The number of phenols is 1. The molecule has 0 saturated heterocycles. The van der Waals surface area contributed by atoms with Crippen LogP contribution in [0.3, 0.4) is 0 Å². The van der Waals surface area contributed by atoms with Crippen molar-refractivity contribution in [1.82, 2.24) is 5.43 Å². The van der Waals surface area contributed by atoms with Gasteiger partial charge in [0.25, 0.3) is 5.91 Å². The van der Waals surface area contributed by atoms with Crippen LogP contribution in [0.15, 0.2) is 44.4 Å². The number of ether oxygens (including phenoxy) is 1. The molecule has 5 nitrogen and oxygen atoms in total. The number of halogens is 3. The van der Waals surface area contributed by atoms with Crippen LogP contribution >= 0.6 is 43.5 Å². The summed E-state index contributed by atoms with van der Waals surface area (Å²) in [4.78, 5) is 11.7. The number of nitrogens with zero attached hydrogens (tertiary/aromatic N) is 1. The third-order valence-electron chi connectivity index (χ3n) is 2.96. The fourth-order valence-corrected chi connectivity index (χ4v) is 2.93. The lowest BCUT2D eigenvalue weighted by atomic mass is 10.2. The number of hydrogen-bond donors (Lipinski definition) is 2. The minimum atomic E-state index is -0.406. The molecule has 0 aromatic heterocycles. The lowest BCUT2D eigenvalue weighted by Crippen LogP contribution is -2.24. The third kappa shape index (κ3) is 5.22. The zero-order valence-corrected chi connectivity index (χ0v) is 16.4. The normalized spacial score (nSPS) is 10.8. The maximum atomic E-state index is 11.7. The van der Waals surface area contributed by atoms with Crippen LogP contribution in [-0.4, -0.2) is 23.8 Å². The number of rotatable bonds is 5. The minimum Gasteiger partial charge on any atom is -0.507 e. The Bertz CT molecular complexity index is 797. The lowest BCUT2D eigenvalue weighted by Gasteiger charge is -2.06. The number of phenolic OH excluding ortho intramolecular Hbond substituents is 1. The quantitative estimate of drug-likeness (QED) is 0.496. The molecule has 0 aliphatic carbocycles. The number of hydrogen-bond acceptors (Lipinski definition) is 4. The Hall–Kier alpha value is -1.57. The topological polar surface area (TPSA) is 70.9 Å². The van der Waals surface area contributed by atoms with Crippen molar-refractivity contribution in [3.63, 3.8) is 0 Å². The predicted molar refractivity (Wildman–Crippen MR) is 101 cm³/mol. The molecule has 1 amide bonds. The van der Waals surface area contributed by atoms with Gasteiger partial charge in [0.15, 0.2) is 6.61 Å². The Morgan fingerprint density at radius 1 is 1.33 bits per heavy atom. The largest absolute Gasteiger partial charge is 0.507 e. The number of aromatic hydroxyl groups is 1. The summed E-state index contributed by atoms with van der Waals surface area (Å²) in [6.07, 6.45) is 1.42. The summed E-state index contributed by atoms with van der Waals surface area (Å²) in [7, 11) is 0. The summed E-state index contributed by atoms with van der Waals surface area (Å²) in [6.45, 7) is 1.68. The van der Waals surface area contributed by atoms with Gasteiger partial charge in [-0.25, -0.2) is 5.43 Å². The predicted octanol–water partition coefficient (Wildman–Crippen LogP) is 4.41. The van der Waals surface area contributed by atoms with Gasteiger partial charge in [-0.1, -0.05) is 27.5 Å². The lowest BCUT2D eigenvalue weighted by molar-refractivity contribution is -0.123. The Balaban J connectivity index is 1.89. The second kappa shape index (κ2) is 8.50. The van der Waals surface area contributed by atoms with E-state index >= 15 is 0 Å². The second-order valence-electron chi connectivity index (χ2n) is 4.82. The Labute approximate surface area is 160 Å². The molecule has 2 rings (SSSR count). The van der Waals surface area contributed by atoms with Gasteiger partial charge in [-0.15, -0.1) is 0 Å². The van der Waals surface area contributed by atoms with Gasteiger partial charge in [-0.2, -0.15) is 5.10 Å². The van der Waals surface area contributed by atoms with Gasteiger partial charge in [0.05, 0.1) is 10.7 Å². The van der Waals surface area contributed by atoms with E-state index in [1.165, 1.54) is 12.3 Å². The molecule has 0 aliphatic heterocycles. The summed E-state index contributed by atoms with van der Waals surface area (Å²) >= 11 is 12.5. The molecule has 126 valence electrons. The van der Waals surface area contributed by atoms with E-state index in [0.29, 0.717) is 20.8 Å². The highest BCUT2D eigenvalue weighted by molar-refractivity contribution is 9.11. The molecule has 0 bridgehead atoms.